The van der Waals surface area contributed by atoms with E-state index < -0.39 is 9.84 Å². The van der Waals surface area contributed by atoms with Gasteiger partial charge in [-0.2, -0.15) is 0 Å². The van der Waals surface area contributed by atoms with E-state index in [1.807, 2.05) is 36.2 Å². The zero-order valence-electron chi connectivity index (χ0n) is 14.8. The minimum Gasteiger partial charge on any atom is -0.341 e. The molecule has 0 radical (unpaired) electrons. The minimum atomic E-state index is -3.23. The Labute approximate surface area is 148 Å². The molecule has 136 valence electrons. The molecule has 0 saturated heterocycles. The standard InChI is InChI=1S/C18H25N3O3S/c1-20(14-8-4-3-5-9-14)18(22)12-21-16-11-7-6-10-15(16)19-17(21)13-25(2,23)24/h6-7,10-11,14H,3-5,8-9,12-13H2,1-2H3. The van der Waals surface area contributed by atoms with Gasteiger partial charge in [-0.05, 0) is 25.0 Å². The molecule has 1 aromatic heterocycles. The number of para-hydroxylation sites is 2. The molecule has 1 saturated carbocycles. The lowest BCUT2D eigenvalue weighted by atomic mass is 9.94. The van der Waals surface area contributed by atoms with Crippen LogP contribution in [0, 0.1) is 0 Å². The van der Waals surface area contributed by atoms with Crippen molar-refractivity contribution in [1.82, 2.24) is 14.5 Å². The van der Waals surface area contributed by atoms with Gasteiger partial charge in [-0.15, -0.1) is 0 Å². The molecule has 0 atom stereocenters. The molecule has 1 heterocycles. The van der Waals surface area contributed by atoms with Crippen molar-refractivity contribution < 1.29 is 13.2 Å². The van der Waals surface area contributed by atoms with Crippen molar-refractivity contribution in [3.8, 4) is 0 Å². The SMILES string of the molecule is CN(C(=O)Cn1c(CS(C)(=O)=O)nc2ccccc21)C1CCCCC1. The lowest BCUT2D eigenvalue weighted by Crippen LogP contribution is -2.40. The second-order valence-electron chi connectivity index (χ2n) is 6.97. The monoisotopic (exact) mass is 363 g/mol. The first kappa shape index (κ1) is 17.9. The molecule has 0 spiro atoms. The van der Waals surface area contributed by atoms with Gasteiger partial charge >= 0.3 is 0 Å². The van der Waals surface area contributed by atoms with E-state index in [9.17, 15) is 13.2 Å². The van der Waals surface area contributed by atoms with E-state index in [0.29, 0.717) is 11.3 Å². The van der Waals surface area contributed by atoms with Gasteiger partial charge in [0.15, 0.2) is 9.84 Å². The van der Waals surface area contributed by atoms with Gasteiger partial charge in [0.05, 0.1) is 11.0 Å². The van der Waals surface area contributed by atoms with E-state index in [0.717, 1.165) is 31.2 Å². The number of carbonyl (C=O) groups excluding carboxylic acids is 1. The molecule has 6 nitrogen and oxygen atoms in total. The van der Waals surface area contributed by atoms with Crippen LogP contribution in [-0.2, 0) is 26.9 Å². The molecule has 0 unspecified atom stereocenters. The summed E-state index contributed by atoms with van der Waals surface area (Å²) in [6, 6.07) is 7.74. The Morgan fingerprint density at radius 3 is 2.60 bits per heavy atom. The van der Waals surface area contributed by atoms with Crippen LogP contribution in [0.25, 0.3) is 11.0 Å². The second kappa shape index (κ2) is 7.15. The summed E-state index contributed by atoms with van der Waals surface area (Å²) in [4.78, 5) is 19.1. The highest BCUT2D eigenvalue weighted by Crippen LogP contribution is 2.23. The highest BCUT2D eigenvalue weighted by molar-refractivity contribution is 7.89. The number of amides is 1. The maximum Gasteiger partial charge on any atom is 0.242 e. The van der Waals surface area contributed by atoms with Crippen molar-refractivity contribution in [3.05, 3.63) is 30.1 Å². The predicted octanol–water partition coefficient (Wildman–Crippen LogP) is 2.37. The van der Waals surface area contributed by atoms with Gasteiger partial charge in [0.2, 0.25) is 5.91 Å². The van der Waals surface area contributed by atoms with Gasteiger partial charge in [-0.3, -0.25) is 4.79 Å². The molecule has 3 rings (SSSR count). The molecule has 0 bridgehead atoms. The lowest BCUT2D eigenvalue weighted by Gasteiger charge is -2.31. The Morgan fingerprint density at radius 2 is 1.92 bits per heavy atom. The van der Waals surface area contributed by atoms with Crippen molar-refractivity contribution in [2.24, 2.45) is 0 Å². The summed E-state index contributed by atoms with van der Waals surface area (Å²) in [6.45, 7) is 0.123. The van der Waals surface area contributed by atoms with Gasteiger partial charge < -0.3 is 9.47 Å². The molecule has 1 amide bonds. The topological polar surface area (TPSA) is 72.3 Å². The van der Waals surface area contributed by atoms with Crippen LogP contribution in [0.3, 0.4) is 0 Å². The molecule has 1 fully saturated rings. The number of hydrogen-bond acceptors (Lipinski definition) is 4. The van der Waals surface area contributed by atoms with Crippen LogP contribution < -0.4 is 0 Å². The largest absolute Gasteiger partial charge is 0.341 e. The quantitative estimate of drug-likeness (QED) is 0.818. The number of carbonyl (C=O) groups is 1. The first-order valence-electron chi connectivity index (χ1n) is 8.73. The van der Waals surface area contributed by atoms with Crippen molar-refractivity contribution in [3.63, 3.8) is 0 Å². The average molecular weight is 363 g/mol. The number of likely N-dealkylation sites (N-methyl/N-ethyl adjacent to an activating group) is 1. The molecular weight excluding hydrogens is 338 g/mol. The predicted molar refractivity (Wildman–Crippen MR) is 97.9 cm³/mol. The van der Waals surface area contributed by atoms with Crippen LogP contribution in [0.2, 0.25) is 0 Å². The number of rotatable bonds is 5. The van der Waals surface area contributed by atoms with E-state index in [1.54, 1.807) is 4.57 Å². The van der Waals surface area contributed by atoms with Crippen LogP contribution >= 0.6 is 0 Å². The van der Waals surface area contributed by atoms with Gasteiger partial charge in [-0.1, -0.05) is 31.4 Å². The molecule has 0 aliphatic heterocycles. The Morgan fingerprint density at radius 1 is 1.24 bits per heavy atom. The third-order valence-electron chi connectivity index (χ3n) is 4.93. The second-order valence-corrected chi connectivity index (χ2v) is 9.11. The third kappa shape index (κ3) is 4.21. The van der Waals surface area contributed by atoms with Gasteiger partial charge in [0, 0.05) is 19.3 Å². The first-order chi connectivity index (χ1) is 11.8. The summed E-state index contributed by atoms with van der Waals surface area (Å²) < 4.78 is 25.2. The van der Waals surface area contributed by atoms with Gasteiger partial charge in [-0.25, -0.2) is 13.4 Å². The summed E-state index contributed by atoms with van der Waals surface area (Å²) in [7, 11) is -1.38. The van der Waals surface area contributed by atoms with E-state index in [1.165, 1.54) is 12.7 Å². The maximum absolute atomic E-state index is 12.8. The van der Waals surface area contributed by atoms with Crippen LogP contribution in [0.5, 0.6) is 0 Å². The fourth-order valence-electron chi connectivity index (χ4n) is 3.57. The molecule has 7 heteroatoms. The van der Waals surface area contributed by atoms with Crippen LogP contribution in [0.4, 0.5) is 0 Å². The smallest absolute Gasteiger partial charge is 0.242 e. The molecule has 1 aliphatic rings. The summed E-state index contributed by atoms with van der Waals surface area (Å²) in [5.41, 5.74) is 1.51. The molecular formula is C18H25N3O3S. The average Bonchev–Trinajstić information content (AvgIpc) is 2.90. The number of hydrogen-bond donors (Lipinski definition) is 0. The fraction of sp³-hybridized carbons (Fsp3) is 0.556. The number of aromatic nitrogens is 2. The molecule has 1 aliphatic carbocycles. The van der Waals surface area contributed by atoms with Crippen LogP contribution in [0.15, 0.2) is 24.3 Å². The zero-order valence-corrected chi connectivity index (χ0v) is 15.6. The minimum absolute atomic E-state index is 0.00445. The molecule has 25 heavy (non-hydrogen) atoms. The number of benzene rings is 1. The summed E-state index contributed by atoms with van der Waals surface area (Å²) in [5, 5.41) is 0. The highest BCUT2D eigenvalue weighted by atomic mass is 32.2. The van der Waals surface area contributed by atoms with Crippen molar-refractivity contribution >= 4 is 26.8 Å². The van der Waals surface area contributed by atoms with Crippen molar-refractivity contribution in [2.75, 3.05) is 13.3 Å². The van der Waals surface area contributed by atoms with E-state index in [-0.39, 0.29) is 24.2 Å². The molecule has 2 aromatic rings. The van der Waals surface area contributed by atoms with Crippen molar-refractivity contribution in [1.29, 1.82) is 0 Å². The Bertz CT molecular complexity index is 867. The summed E-state index contributed by atoms with van der Waals surface area (Å²) in [6.07, 6.45) is 6.84. The normalized spacial score (nSPS) is 16.2. The maximum atomic E-state index is 12.8. The Balaban J connectivity index is 1.88. The Hall–Kier alpha value is -1.89. The summed E-state index contributed by atoms with van der Waals surface area (Å²) in [5.74, 6) is 0.265. The van der Waals surface area contributed by atoms with E-state index in [2.05, 4.69) is 4.98 Å². The fourth-order valence-corrected chi connectivity index (χ4v) is 4.25. The number of imidazole rings is 1. The van der Waals surface area contributed by atoms with Crippen LogP contribution in [0.1, 0.15) is 37.9 Å². The number of fused-ring (bicyclic) bond motifs is 1. The van der Waals surface area contributed by atoms with Crippen molar-refractivity contribution in [2.45, 2.75) is 50.4 Å². The molecule has 1 aromatic carbocycles. The first-order valence-corrected chi connectivity index (χ1v) is 10.8. The molecule has 0 N–H and O–H groups in total. The van der Waals surface area contributed by atoms with Gasteiger partial charge in [0.1, 0.15) is 18.1 Å². The lowest BCUT2D eigenvalue weighted by molar-refractivity contribution is -0.133. The van der Waals surface area contributed by atoms with E-state index >= 15 is 0 Å². The highest BCUT2D eigenvalue weighted by Gasteiger charge is 2.24. The van der Waals surface area contributed by atoms with Gasteiger partial charge in [0.25, 0.3) is 0 Å². The number of sulfone groups is 1. The Kier molecular flexibility index (Phi) is 5.13. The zero-order chi connectivity index (χ0) is 18.0. The van der Waals surface area contributed by atoms with E-state index in [4.69, 9.17) is 0 Å². The summed E-state index contributed by atoms with van der Waals surface area (Å²) >= 11 is 0. The third-order valence-corrected chi connectivity index (χ3v) is 5.72. The number of nitrogens with zero attached hydrogens (tertiary/aromatic N) is 3. The van der Waals surface area contributed by atoms with Crippen LogP contribution in [-0.4, -0.2) is 48.1 Å².